The quantitative estimate of drug-likeness (QED) is 0.580. The summed E-state index contributed by atoms with van der Waals surface area (Å²) in [4.78, 5) is 1.44. The van der Waals surface area contributed by atoms with Gasteiger partial charge in [-0.05, 0) is 35.0 Å². The molecule has 0 atom stereocenters. The molecule has 8 heteroatoms. The Morgan fingerprint density at radius 1 is 1.04 bits per heavy atom. The molecule has 27 heavy (non-hydrogen) atoms. The summed E-state index contributed by atoms with van der Waals surface area (Å²) in [5.74, 6) is 1.97. The molecule has 0 aliphatic carbocycles. The Morgan fingerprint density at radius 2 is 1.89 bits per heavy atom. The van der Waals surface area contributed by atoms with Crippen LogP contribution in [0.5, 0.6) is 11.5 Å². The average Bonchev–Trinajstić information content (AvgIpc) is 3.13. The van der Waals surface area contributed by atoms with E-state index in [1.807, 2.05) is 42.5 Å². The summed E-state index contributed by atoms with van der Waals surface area (Å²) in [6.45, 7) is 1.59. The molecular formula is C19H23N5O3. The van der Waals surface area contributed by atoms with Crippen LogP contribution >= 0.6 is 0 Å². The van der Waals surface area contributed by atoms with E-state index >= 15 is 0 Å². The van der Waals surface area contributed by atoms with Crippen molar-refractivity contribution in [1.29, 1.82) is 0 Å². The number of nitrogens with zero attached hydrogens (tertiary/aromatic N) is 4. The normalized spacial score (nSPS) is 10.6. The first-order chi connectivity index (χ1) is 13.2. The highest BCUT2D eigenvalue weighted by Gasteiger charge is 2.11. The number of anilines is 1. The monoisotopic (exact) mass is 369 g/mol. The molecule has 0 radical (unpaired) electrons. The SMILES string of the molecule is COCCOc1cc(CNc2ccccc2-c2nnn(C)n2)ccc1OC. The maximum absolute atomic E-state index is 5.75. The van der Waals surface area contributed by atoms with Crippen LogP contribution in [0.3, 0.4) is 0 Å². The molecule has 1 heterocycles. The molecule has 0 saturated heterocycles. The number of aromatic nitrogens is 4. The zero-order valence-corrected chi connectivity index (χ0v) is 15.7. The van der Waals surface area contributed by atoms with Crippen LogP contribution in [0, 0.1) is 0 Å². The number of methoxy groups -OCH3 is 2. The Labute approximate surface area is 158 Å². The van der Waals surface area contributed by atoms with Gasteiger partial charge in [0, 0.05) is 24.9 Å². The lowest BCUT2D eigenvalue weighted by molar-refractivity contribution is 0.144. The average molecular weight is 369 g/mol. The number of tetrazole rings is 1. The van der Waals surface area contributed by atoms with Crippen LogP contribution < -0.4 is 14.8 Å². The summed E-state index contributed by atoms with van der Waals surface area (Å²) in [5.41, 5.74) is 2.89. The van der Waals surface area contributed by atoms with Gasteiger partial charge in [0.2, 0.25) is 5.82 Å². The molecule has 0 amide bonds. The van der Waals surface area contributed by atoms with E-state index in [1.165, 1.54) is 4.80 Å². The highest BCUT2D eigenvalue weighted by atomic mass is 16.5. The molecule has 0 bridgehead atoms. The zero-order valence-electron chi connectivity index (χ0n) is 15.7. The van der Waals surface area contributed by atoms with Crippen LogP contribution in [-0.4, -0.2) is 47.6 Å². The van der Waals surface area contributed by atoms with Gasteiger partial charge >= 0.3 is 0 Å². The number of rotatable bonds is 9. The fourth-order valence-electron chi connectivity index (χ4n) is 2.60. The minimum absolute atomic E-state index is 0.463. The van der Waals surface area contributed by atoms with E-state index in [0.717, 1.165) is 16.8 Å². The van der Waals surface area contributed by atoms with Crippen LogP contribution in [0.2, 0.25) is 0 Å². The van der Waals surface area contributed by atoms with Crippen LogP contribution in [0.4, 0.5) is 5.69 Å². The van der Waals surface area contributed by atoms with Gasteiger partial charge in [-0.25, -0.2) is 0 Å². The number of hydrogen-bond donors (Lipinski definition) is 1. The molecular weight excluding hydrogens is 346 g/mol. The fourth-order valence-corrected chi connectivity index (χ4v) is 2.60. The van der Waals surface area contributed by atoms with Crippen molar-refractivity contribution in [2.24, 2.45) is 7.05 Å². The van der Waals surface area contributed by atoms with Crippen molar-refractivity contribution in [3.63, 3.8) is 0 Å². The van der Waals surface area contributed by atoms with E-state index in [4.69, 9.17) is 14.2 Å². The Kier molecular flexibility index (Phi) is 6.22. The maximum Gasteiger partial charge on any atom is 0.206 e. The van der Waals surface area contributed by atoms with Gasteiger partial charge in [0.25, 0.3) is 0 Å². The minimum atomic E-state index is 0.463. The molecule has 0 unspecified atom stereocenters. The predicted molar refractivity (Wildman–Crippen MR) is 102 cm³/mol. The largest absolute Gasteiger partial charge is 0.493 e. The third kappa shape index (κ3) is 4.73. The van der Waals surface area contributed by atoms with Crippen LogP contribution in [0.15, 0.2) is 42.5 Å². The number of nitrogens with one attached hydrogen (secondary N) is 1. The van der Waals surface area contributed by atoms with Gasteiger partial charge in [-0.15, -0.1) is 10.2 Å². The molecule has 0 fully saturated rings. The van der Waals surface area contributed by atoms with Gasteiger partial charge in [-0.3, -0.25) is 0 Å². The summed E-state index contributed by atoms with van der Waals surface area (Å²) in [7, 11) is 5.01. The van der Waals surface area contributed by atoms with E-state index in [1.54, 1.807) is 21.3 Å². The third-order valence-corrected chi connectivity index (χ3v) is 3.93. The van der Waals surface area contributed by atoms with Gasteiger partial charge in [-0.1, -0.05) is 18.2 Å². The smallest absolute Gasteiger partial charge is 0.206 e. The first-order valence-electron chi connectivity index (χ1n) is 8.57. The summed E-state index contributed by atoms with van der Waals surface area (Å²) in [6, 6.07) is 13.7. The van der Waals surface area contributed by atoms with E-state index < -0.39 is 0 Å². The predicted octanol–water partition coefficient (Wildman–Crippen LogP) is 2.52. The Morgan fingerprint density at radius 3 is 2.63 bits per heavy atom. The molecule has 1 N–H and O–H groups in total. The topological polar surface area (TPSA) is 83.3 Å². The van der Waals surface area contributed by atoms with Crippen molar-refractivity contribution in [3.8, 4) is 22.9 Å². The molecule has 1 aromatic heterocycles. The van der Waals surface area contributed by atoms with Gasteiger partial charge in [0.1, 0.15) is 6.61 Å². The second-order valence-corrected chi connectivity index (χ2v) is 5.83. The number of ether oxygens (including phenoxy) is 3. The van der Waals surface area contributed by atoms with Crippen molar-refractivity contribution in [3.05, 3.63) is 48.0 Å². The third-order valence-electron chi connectivity index (χ3n) is 3.93. The van der Waals surface area contributed by atoms with Crippen molar-refractivity contribution >= 4 is 5.69 Å². The van der Waals surface area contributed by atoms with E-state index in [-0.39, 0.29) is 0 Å². The van der Waals surface area contributed by atoms with Crippen molar-refractivity contribution < 1.29 is 14.2 Å². The lowest BCUT2D eigenvalue weighted by atomic mass is 10.1. The summed E-state index contributed by atoms with van der Waals surface area (Å²) >= 11 is 0. The zero-order chi connectivity index (χ0) is 19.1. The highest BCUT2D eigenvalue weighted by Crippen LogP contribution is 2.29. The van der Waals surface area contributed by atoms with Crippen LogP contribution in [-0.2, 0) is 18.3 Å². The lowest BCUT2D eigenvalue weighted by Gasteiger charge is -2.14. The van der Waals surface area contributed by atoms with Crippen molar-refractivity contribution in [2.75, 3.05) is 32.8 Å². The standard InChI is InChI=1S/C19H23N5O3/c1-24-22-19(21-23-24)15-6-4-5-7-16(15)20-13-14-8-9-17(26-3)18(12-14)27-11-10-25-2/h4-9,12,20H,10-11,13H2,1-3H3. The Bertz CT molecular complexity index is 881. The Balaban J connectivity index is 1.74. The molecule has 0 aliphatic rings. The number of aryl methyl sites for hydroxylation is 1. The van der Waals surface area contributed by atoms with E-state index in [2.05, 4.69) is 20.7 Å². The van der Waals surface area contributed by atoms with Crippen LogP contribution in [0.25, 0.3) is 11.4 Å². The molecule has 2 aromatic carbocycles. The molecule has 0 aliphatic heterocycles. The maximum atomic E-state index is 5.75. The van der Waals surface area contributed by atoms with Gasteiger partial charge < -0.3 is 19.5 Å². The summed E-state index contributed by atoms with van der Waals surface area (Å²) in [6.07, 6.45) is 0. The van der Waals surface area contributed by atoms with Crippen molar-refractivity contribution in [2.45, 2.75) is 6.54 Å². The fraction of sp³-hybridized carbons (Fsp3) is 0.316. The molecule has 142 valence electrons. The molecule has 8 nitrogen and oxygen atoms in total. The van der Waals surface area contributed by atoms with Crippen LogP contribution in [0.1, 0.15) is 5.56 Å². The van der Waals surface area contributed by atoms with E-state index in [0.29, 0.717) is 37.1 Å². The summed E-state index contributed by atoms with van der Waals surface area (Å²) in [5, 5.41) is 15.7. The molecule has 3 rings (SSSR count). The highest BCUT2D eigenvalue weighted by molar-refractivity contribution is 5.72. The summed E-state index contributed by atoms with van der Waals surface area (Å²) < 4.78 is 16.1. The minimum Gasteiger partial charge on any atom is -0.493 e. The Hall–Kier alpha value is -3.13. The number of benzene rings is 2. The van der Waals surface area contributed by atoms with Crippen molar-refractivity contribution in [1.82, 2.24) is 20.2 Å². The second kappa shape index (κ2) is 9.00. The van der Waals surface area contributed by atoms with E-state index in [9.17, 15) is 0 Å². The first-order valence-corrected chi connectivity index (χ1v) is 8.57. The molecule has 0 saturated carbocycles. The second-order valence-electron chi connectivity index (χ2n) is 5.83. The van der Waals surface area contributed by atoms with Gasteiger partial charge in [0.05, 0.1) is 20.8 Å². The number of hydrogen-bond acceptors (Lipinski definition) is 7. The van der Waals surface area contributed by atoms with Gasteiger partial charge in [0.15, 0.2) is 11.5 Å². The molecule has 0 spiro atoms. The first kappa shape index (κ1) is 18.7. The number of para-hydroxylation sites is 1. The van der Waals surface area contributed by atoms with Gasteiger partial charge in [-0.2, -0.15) is 4.80 Å². The molecule has 3 aromatic rings. The lowest BCUT2D eigenvalue weighted by Crippen LogP contribution is -2.06.